The van der Waals surface area contributed by atoms with Gasteiger partial charge in [0, 0.05) is 44.5 Å². The van der Waals surface area contributed by atoms with E-state index in [0.29, 0.717) is 56.3 Å². The van der Waals surface area contributed by atoms with Gasteiger partial charge in [0.2, 0.25) is 10.0 Å². The van der Waals surface area contributed by atoms with Crippen LogP contribution in [0.5, 0.6) is 11.5 Å². The van der Waals surface area contributed by atoms with Gasteiger partial charge in [-0.1, -0.05) is 36.4 Å². The quantitative estimate of drug-likeness (QED) is 0.209. The van der Waals surface area contributed by atoms with Crippen LogP contribution in [0.2, 0.25) is 0 Å². The summed E-state index contributed by atoms with van der Waals surface area (Å²) in [7, 11) is -0.490. The number of piperazine rings is 1. The molecule has 41 heavy (non-hydrogen) atoms. The molecule has 5 rings (SSSR count). The minimum absolute atomic E-state index is 0.0152. The van der Waals surface area contributed by atoms with Crippen molar-refractivity contribution < 1.29 is 22.8 Å². The van der Waals surface area contributed by atoms with Crippen molar-refractivity contribution >= 4 is 37.9 Å². The molecule has 0 bridgehead atoms. The number of benzene rings is 4. The van der Waals surface area contributed by atoms with Crippen LogP contribution < -0.4 is 19.7 Å². The zero-order valence-corrected chi connectivity index (χ0v) is 23.8. The van der Waals surface area contributed by atoms with Crippen molar-refractivity contribution in [2.45, 2.75) is 11.3 Å². The maximum atomic E-state index is 13.4. The lowest BCUT2D eigenvalue weighted by atomic mass is 10.1. The van der Waals surface area contributed by atoms with Crippen LogP contribution in [0, 0.1) is 10.1 Å². The zero-order chi connectivity index (χ0) is 29.0. The molecule has 4 aromatic carbocycles. The normalized spacial score (nSPS) is 14.1. The molecule has 1 fully saturated rings. The average Bonchev–Trinajstić information content (AvgIpc) is 3.00. The van der Waals surface area contributed by atoms with Crippen molar-refractivity contribution in [2.24, 2.45) is 0 Å². The highest BCUT2D eigenvalue weighted by molar-refractivity contribution is 7.89. The third-order valence-corrected chi connectivity index (χ3v) is 9.21. The van der Waals surface area contributed by atoms with Gasteiger partial charge < -0.3 is 19.7 Å². The van der Waals surface area contributed by atoms with Crippen molar-refractivity contribution in [1.82, 2.24) is 4.31 Å². The lowest BCUT2D eigenvalue weighted by Crippen LogP contribution is -2.48. The Labute approximate surface area is 239 Å². The second-order valence-corrected chi connectivity index (χ2v) is 11.7. The number of hydrogen-bond acceptors (Lipinski definition) is 8. The van der Waals surface area contributed by atoms with Gasteiger partial charge in [0.1, 0.15) is 5.69 Å². The van der Waals surface area contributed by atoms with Gasteiger partial charge in [0.25, 0.3) is 5.69 Å². The van der Waals surface area contributed by atoms with Crippen LogP contribution in [-0.2, 0) is 16.4 Å². The number of sulfonamides is 1. The Balaban J connectivity index is 1.26. The first-order valence-electron chi connectivity index (χ1n) is 13.3. The summed E-state index contributed by atoms with van der Waals surface area (Å²) < 4.78 is 38.9. The zero-order valence-electron chi connectivity index (χ0n) is 22.9. The van der Waals surface area contributed by atoms with Crippen molar-refractivity contribution in [3.63, 3.8) is 0 Å². The maximum absolute atomic E-state index is 13.4. The van der Waals surface area contributed by atoms with E-state index in [9.17, 15) is 18.5 Å². The number of nitro benzene ring substituents is 1. The van der Waals surface area contributed by atoms with E-state index in [0.717, 1.165) is 22.0 Å². The van der Waals surface area contributed by atoms with Crippen LogP contribution in [0.1, 0.15) is 5.56 Å². The number of anilines is 2. The highest BCUT2D eigenvalue weighted by Crippen LogP contribution is 2.32. The van der Waals surface area contributed by atoms with Gasteiger partial charge in [0.05, 0.1) is 24.0 Å². The second kappa shape index (κ2) is 12.0. The van der Waals surface area contributed by atoms with E-state index >= 15 is 0 Å². The number of methoxy groups -OCH3 is 2. The van der Waals surface area contributed by atoms with Crippen LogP contribution in [0.3, 0.4) is 0 Å². The molecule has 0 unspecified atom stereocenters. The monoisotopic (exact) mass is 576 g/mol. The van der Waals surface area contributed by atoms with E-state index in [2.05, 4.69) is 10.2 Å². The summed E-state index contributed by atoms with van der Waals surface area (Å²) in [5.74, 6) is 1.26. The molecule has 0 radical (unpaired) electrons. The Morgan fingerprint density at radius 2 is 1.59 bits per heavy atom. The molecule has 1 aliphatic heterocycles. The lowest BCUT2D eigenvalue weighted by molar-refractivity contribution is -0.383. The predicted molar refractivity (Wildman–Crippen MR) is 160 cm³/mol. The molecule has 0 atom stereocenters. The van der Waals surface area contributed by atoms with E-state index in [1.807, 2.05) is 48.5 Å². The first kappa shape index (κ1) is 28.2. The lowest BCUT2D eigenvalue weighted by Gasteiger charge is -2.35. The summed E-state index contributed by atoms with van der Waals surface area (Å²) in [6, 6.07) is 23.5. The fraction of sp³-hybridized carbons (Fsp3) is 0.267. The topological polar surface area (TPSA) is 114 Å². The summed E-state index contributed by atoms with van der Waals surface area (Å²) in [5.41, 5.74) is 2.20. The summed E-state index contributed by atoms with van der Waals surface area (Å²) in [5, 5.41) is 16.8. The van der Waals surface area contributed by atoms with Crippen LogP contribution in [-0.4, -0.2) is 64.6 Å². The molecule has 0 aromatic heterocycles. The summed E-state index contributed by atoms with van der Waals surface area (Å²) in [6.07, 6.45) is 0.618. The number of nitrogens with one attached hydrogen (secondary N) is 1. The van der Waals surface area contributed by atoms with Crippen molar-refractivity contribution in [1.29, 1.82) is 0 Å². The van der Waals surface area contributed by atoms with Gasteiger partial charge in [-0.2, -0.15) is 4.31 Å². The van der Waals surface area contributed by atoms with Gasteiger partial charge in [-0.05, 0) is 59.2 Å². The number of nitro groups is 1. The maximum Gasteiger partial charge on any atom is 0.292 e. The van der Waals surface area contributed by atoms with Crippen LogP contribution in [0.25, 0.3) is 10.8 Å². The Hall–Kier alpha value is -4.35. The van der Waals surface area contributed by atoms with Crippen molar-refractivity contribution in [2.75, 3.05) is 57.2 Å². The van der Waals surface area contributed by atoms with Crippen LogP contribution >= 0.6 is 0 Å². The Morgan fingerprint density at radius 1 is 0.854 bits per heavy atom. The fourth-order valence-electron chi connectivity index (χ4n) is 5.06. The molecule has 11 heteroatoms. The van der Waals surface area contributed by atoms with E-state index in [-0.39, 0.29) is 10.6 Å². The number of ether oxygens (including phenoxy) is 2. The second-order valence-electron chi connectivity index (χ2n) is 9.72. The van der Waals surface area contributed by atoms with E-state index < -0.39 is 14.9 Å². The molecule has 10 nitrogen and oxygen atoms in total. The number of nitrogens with zero attached hydrogens (tertiary/aromatic N) is 3. The summed E-state index contributed by atoms with van der Waals surface area (Å²) in [6.45, 7) is 2.03. The molecule has 0 amide bonds. The van der Waals surface area contributed by atoms with Gasteiger partial charge in [0.15, 0.2) is 11.5 Å². The molecule has 0 spiro atoms. The number of fused-ring (bicyclic) bond motifs is 1. The SMILES string of the molecule is COc1ccc(CCNc2cc(N3CCN(S(=O)(=O)c4ccc5ccccc5c4)CC3)ccc2[N+](=O)[O-])cc1OC. The summed E-state index contributed by atoms with van der Waals surface area (Å²) in [4.78, 5) is 13.6. The highest BCUT2D eigenvalue weighted by Gasteiger charge is 2.29. The third-order valence-electron chi connectivity index (χ3n) is 7.32. The molecule has 0 aliphatic carbocycles. The smallest absolute Gasteiger partial charge is 0.292 e. The van der Waals surface area contributed by atoms with Crippen molar-refractivity contribution in [3.05, 3.63) is 94.5 Å². The molecular weight excluding hydrogens is 544 g/mol. The van der Waals surface area contributed by atoms with Crippen molar-refractivity contribution in [3.8, 4) is 11.5 Å². The Bertz CT molecular complexity index is 1670. The van der Waals surface area contributed by atoms with Gasteiger partial charge in [-0.3, -0.25) is 10.1 Å². The third kappa shape index (κ3) is 6.06. The molecule has 1 aliphatic rings. The number of hydrogen-bond donors (Lipinski definition) is 1. The van der Waals surface area contributed by atoms with Gasteiger partial charge in [-0.15, -0.1) is 0 Å². The van der Waals surface area contributed by atoms with Gasteiger partial charge >= 0.3 is 0 Å². The van der Waals surface area contributed by atoms with Crippen LogP contribution in [0.4, 0.5) is 17.1 Å². The fourth-order valence-corrected chi connectivity index (χ4v) is 6.52. The highest BCUT2D eigenvalue weighted by atomic mass is 32.2. The first-order valence-corrected chi connectivity index (χ1v) is 14.7. The van der Waals surface area contributed by atoms with E-state index in [4.69, 9.17) is 9.47 Å². The molecule has 0 saturated carbocycles. The molecular formula is C30H32N4O6S. The molecule has 214 valence electrons. The summed E-state index contributed by atoms with van der Waals surface area (Å²) >= 11 is 0. The Morgan fingerprint density at radius 3 is 2.29 bits per heavy atom. The minimum Gasteiger partial charge on any atom is -0.493 e. The van der Waals surface area contributed by atoms with E-state index in [1.165, 1.54) is 10.4 Å². The Kier molecular flexibility index (Phi) is 8.27. The molecule has 4 aromatic rings. The first-order chi connectivity index (χ1) is 19.8. The number of rotatable bonds is 10. The predicted octanol–water partition coefficient (Wildman–Crippen LogP) is 4.93. The molecule has 1 saturated heterocycles. The minimum atomic E-state index is -3.64. The largest absolute Gasteiger partial charge is 0.493 e. The van der Waals surface area contributed by atoms with E-state index in [1.54, 1.807) is 38.5 Å². The van der Waals surface area contributed by atoms with Gasteiger partial charge in [-0.25, -0.2) is 8.42 Å². The van der Waals surface area contributed by atoms with Crippen LogP contribution in [0.15, 0.2) is 83.8 Å². The average molecular weight is 577 g/mol. The molecule has 1 heterocycles. The standard InChI is InChI=1S/C30H32N4O6S/c1-39-29-12-7-22(19-30(29)40-2)13-14-31-27-21-25(9-11-28(27)34(35)36)32-15-17-33(18-16-32)41(37,38)26-10-8-23-5-3-4-6-24(23)20-26/h3-12,19-21,31H,13-18H2,1-2H3. The molecule has 1 N–H and O–H groups in total.